The Morgan fingerprint density at radius 3 is 2.71 bits per heavy atom. The van der Waals surface area contributed by atoms with Gasteiger partial charge in [-0.1, -0.05) is 42.7 Å². The lowest BCUT2D eigenvalue weighted by Crippen LogP contribution is -2.15. The topological polar surface area (TPSA) is 49.8 Å². The summed E-state index contributed by atoms with van der Waals surface area (Å²) in [5.41, 5.74) is 2.54. The second-order valence-corrected chi connectivity index (χ2v) is 5.76. The summed E-state index contributed by atoms with van der Waals surface area (Å²) in [5.74, 6) is 1.79. The van der Waals surface area contributed by atoms with Crippen LogP contribution in [0.2, 0.25) is 0 Å². The van der Waals surface area contributed by atoms with Crippen molar-refractivity contribution < 1.29 is 0 Å². The van der Waals surface area contributed by atoms with Crippen molar-refractivity contribution in [1.82, 2.24) is 9.97 Å². The number of nitrogens with zero attached hydrogens (tertiary/aromatic N) is 2. The van der Waals surface area contributed by atoms with Gasteiger partial charge in [-0.2, -0.15) is 0 Å². The highest BCUT2D eigenvalue weighted by atomic mass is 15.1. The third-order valence-electron chi connectivity index (χ3n) is 3.93. The molecule has 1 aliphatic rings. The van der Waals surface area contributed by atoms with E-state index >= 15 is 0 Å². The summed E-state index contributed by atoms with van der Waals surface area (Å²) < 4.78 is 0. The molecule has 3 rings (SSSR count). The van der Waals surface area contributed by atoms with Crippen LogP contribution < -0.4 is 10.6 Å². The highest BCUT2D eigenvalue weighted by Gasteiger charge is 2.14. The van der Waals surface area contributed by atoms with E-state index in [1.54, 1.807) is 6.33 Å². The van der Waals surface area contributed by atoms with E-state index in [4.69, 9.17) is 0 Å². The van der Waals surface area contributed by atoms with Crippen molar-refractivity contribution in [2.24, 2.45) is 0 Å². The molecule has 110 valence electrons. The van der Waals surface area contributed by atoms with Crippen LogP contribution in [0.5, 0.6) is 0 Å². The summed E-state index contributed by atoms with van der Waals surface area (Å²) in [6.07, 6.45) is 6.75. The maximum atomic E-state index is 4.31. The van der Waals surface area contributed by atoms with Gasteiger partial charge in [-0.3, -0.25) is 0 Å². The molecule has 1 aromatic heterocycles. The van der Waals surface area contributed by atoms with E-state index in [9.17, 15) is 0 Å². The zero-order valence-electron chi connectivity index (χ0n) is 12.5. The van der Waals surface area contributed by atoms with Crippen LogP contribution in [-0.2, 0) is 6.54 Å². The highest BCUT2D eigenvalue weighted by molar-refractivity contribution is 5.47. The minimum atomic E-state index is 0.574. The maximum Gasteiger partial charge on any atom is 0.131 e. The Hall–Kier alpha value is -2.10. The average molecular weight is 282 g/mol. The second-order valence-electron chi connectivity index (χ2n) is 5.76. The van der Waals surface area contributed by atoms with Crippen LogP contribution in [-0.4, -0.2) is 16.0 Å². The van der Waals surface area contributed by atoms with Crippen molar-refractivity contribution in [2.45, 2.75) is 45.2 Å². The summed E-state index contributed by atoms with van der Waals surface area (Å²) >= 11 is 0. The summed E-state index contributed by atoms with van der Waals surface area (Å²) in [5, 5.41) is 6.86. The SMILES string of the molecule is Cc1cccc(CNc2cc(NC3CCCC3)ncn2)c1. The first-order valence-corrected chi connectivity index (χ1v) is 7.67. The van der Waals surface area contributed by atoms with Crippen LogP contribution in [0, 0.1) is 6.92 Å². The number of nitrogens with one attached hydrogen (secondary N) is 2. The van der Waals surface area contributed by atoms with Gasteiger partial charge < -0.3 is 10.6 Å². The fraction of sp³-hybridized carbons (Fsp3) is 0.412. The van der Waals surface area contributed by atoms with Crippen molar-refractivity contribution in [3.8, 4) is 0 Å². The van der Waals surface area contributed by atoms with Gasteiger partial charge in [0.2, 0.25) is 0 Å². The predicted molar refractivity (Wildman–Crippen MR) is 86.4 cm³/mol. The first-order chi connectivity index (χ1) is 10.3. The molecule has 2 aromatic rings. The van der Waals surface area contributed by atoms with Gasteiger partial charge in [-0.05, 0) is 25.3 Å². The van der Waals surface area contributed by atoms with Crippen molar-refractivity contribution >= 4 is 11.6 Å². The Balaban J connectivity index is 1.60. The Bertz CT molecular complexity index is 591. The zero-order valence-corrected chi connectivity index (χ0v) is 12.5. The molecule has 1 saturated carbocycles. The van der Waals surface area contributed by atoms with Crippen molar-refractivity contribution in [3.63, 3.8) is 0 Å². The number of hydrogen-bond donors (Lipinski definition) is 2. The van der Waals surface area contributed by atoms with E-state index in [-0.39, 0.29) is 0 Å². The molecular formula is C17H22N4. The molecule has 0 saturated heterocycles. The van der Waals surface area contributed by atoms with Crippen LogP contribution in [0.4, 0.5) is 11.6 Å². The lowest BCUT2D eigenvalue weighted by atomic mass is 10.1. The Labute approximate surface area is 126 Å². The third-order valence-corrected chi connectivity index (χ3v) is 3.93. The van der Waals surface area contributed by atoms with Gasteiger partial charge in [0.25, 0.3) is 0 Å². The highest BCUT2D eigenvalue weighted by Crippen LogP contribution is 2.22. The molecular weight excluding hydrogens is 260 g/mol. The molecule has 0 unspecified atom stereocenters. The number of rotatable bonds is 5. The largest absolute Gasteiger partial charge is 0.367 e. The monoisotopic (exact) mass is 282 g/mol. The number of benzene rings is 1. The van der Waals surface area contributed by atoms with E-state index in [1.807, 2.05) is 6.07 Å². The molecule has 1 heterocycles. The predicted octanol–water partition coefficient (Wildman–Crippen LogP) is 3.75. The van der Waals surface area contributed by atoms with Gasteiger partial charge in [0.15, 0.2) is 0 Å². The lowest BCUT2D eigenvalue weighted by molar-refractivity contribution is 0.750. The van der Waals surface area contributed by atoms with Gasteiger partial charge in [-0.25, -0.2) is 9.97 Å². The van der Waals surface area contributed by atoms with Gasteiger partial charge in [0, 0.05) is 18.7 Å². The van der Waals surface area contributed by atoms with Crippen LogP contribution in [0.25, 0.3) is 0 Å². The van der Waals surface area contributed by atoms with E-state index in [0.717, 1.165) is 18.2 Å². The molecule has 1 aromatic carbocycles. The normalized spacial score (nSPS) is 15.1. The number of aryl methyl sites for hydroxylation is 1. The van der Waals surface area contributed by atoms with E-state index < -0.39 is 0 Å². The fourth-order valence-corrected chi connectivity index (χ4v) is 2.83. The standard InChI is InChI=1S/C17H22N4/c1-13-5-4-6-14(9-13)11-18-16-10-17(20-12-19-16)21-15-7-2-3-8-15/h4-6,9-10,12,15H,2-3,7-8,11H2,1H3,(H2,18,19,20,21). The van der Waals surface area contributed by atoms with Crippen LogP contribution in [0.15, 0.2) is 36.7 Å². The van der Waals surface area contributed by atoms with Gasteiger partial charge >= 0.3 is 0 Å². The molecule has 4 heteroatoms. The van der Waals surface area contributed by atoms with E-state index in [2.05, 4.69) is 51.8 Å². The summed E-state index contributed by atoms with van der Waals surface area (Å²) in [6, 6.07) is 11.1. The van der Waals surface area contributed by atoms with Crippen LogP contribution >= 0.6 is 0 Å². The summed E-state index contributed by atoms with van der Waals surface area (Å²) in [4.78, 5) is 8.60. The molecule has 0 amide bonds. The van der Waals surface area contributed by atoms with Gasteiger partial charge in [0.05, 0.1) is 0 Å². The first kappa shape index (κ1) is 13.9. The van der Waals surface area contributed by atoms with E-state index in [1.165, 1.54) is 36.8 Å². The molecule has 2 N–H and O–H groups in total. The molecule has 0 aliphatic heterocycles. The molecule has 4 nitrogen and oxygen atoms in total. The minimum absolute atomic E-state index is 0.574. The number of anilines is 2. The second kappa shape index (κ2) is 6.57. The molecule has 21 heavy (non-hydrogen) atoms. The quantitative estimate of drug-likeness (QED) is 0.877. The van der Waals surface area contributed by atoms with Crippen molar-refractivity contribution in [2.75, 3.05) is 10.6 Å². The summed E-state index contributed by atoms with van der Waals surface area (Å²) in [7, 11) is 0. The molecule has 1 fully saturated rings. The first-order valence-electron chi connectivity index (χ1n) is 7.67. The Kier molecular flexibility index (Phi) is 4.34. The Morgan fingerprint density at radius 2 is 1.90 bits per heavy atom. The summed E-state index contributed by atoms with van der Waals surface area (Å²) in [6.45, 7) is 2.89. The molecule has 1 aliphatic carbocycles. The van der Waals surface area contributed by atoms with E-state index in [0.29, 0.717) is 6.04 Å². The molecule has 0 bridgehead atoms. The van der Waals surface area contributed by atoms with Crippen molar-refractivity contribution in [3.05, 3.63) is 47.8 Å². The van der Waals surface area contributed by atoms with Crippen LogP contribution in [0.1, 0.15) is 36.8 Å². The molecule has 0 radical (unpaired) electrons. The number of aromatic nitrogens is 2. The molecule has 0 spiro atoms. The molecule has 0 atom stereocenters. The minimum Gasteiger partial charge on any atom is -0.367 e. The third kappa shape index (κ3) is 3.94. The lowest BCUT2D eigenvalue weighted by Gasteiger charge is -2.13. The fourth-order valence-electron chi connectivity index (χ4n) is 2.83. The van der Waals surface area contributed by atoms with Crippen molar-refractivity contribution in [1.29, 1.82) is 0 Å². The average Bonchev–Trinajstić information content (AvgIpc) is 2.99. The smallest absolute Gasteiger partial charge is 0.131 e. The van der Waals surface area contributed by atoms with Crippen LogP contribution in [0.3, 0.4) is 0 Å². The maximum absolute atomic E-state index is 4.31. The van der Waals surface area contributed by atoms with Gasteiger partial charge in [-0.15, -0.1) is 0 Å². The zero-order chi connectivity index (χ0) is 14.5. The number of hydrogen-bond acceptors (Lipinski definition) is 4. The Morgan fingerprint density at radius 1 is 1.10 bits per heavy atom. The van der Waals surface area contributed by atoms with Gasteiger partial charge in [0.1, 0.15) is 18.0 Å².